The summed E-state index contributed by atoms with van der Waals surface area (Å²) in [5.41, 5.74) is 9.20. The minimum absolute atomic E-state index is 0.00567. The number of ether oxygens (including phenoxy) is 2. The van der Waals surface area contributed by atoms with Gasteiger partial charge in [-0.1, -0.05) is 12.1 Å². The minimum Gasteiger partial charge on any atom is -0.508 e. The van der Waals surface area contributed by atoms with Crippen LogP contribution in [0.15, 0.2) is 60.0 Å². The summed E-state index contributed by atoms with van der Waals surface area (Å²) >= 11 is 0. The molecule has 0 radical (unpaired) electrons. The summed E-state index contributed by atoms with van der Waals surface area (Å²) < 4.78 is 10.8. The highest BCUT2D eigenvalue weighted by Gasteiger charge is 2.35. The van der Waals surface area contributed by atoms with Crippen LogP contribution in [0, 0.1) is 11.3 Å². The number of benzene rings is 2. The Morgan fingerprint density at radius 1 is 1.26 bits per heavy atom. The largest absolute Gasteiger partial charge is 0.508 e. The number of aromatic nitrogens is 2. The van der Waals surface area contributed by atoms with Gasteiger partial charge in [-0.05, 0) is 42.0 Å². The van der Waals surface area contributed by atoms with Crippen LogP contribution in [-0.2, 0) is 0 Å². The first-order valence-electron chi connectivity index (χ1n) is 8.21. The predicted octanol–water partition coefficient (Wildman–Crippen LogP) is 3.01. The van der Waals surface area contributed by atoms with Crippen molar-refractivity contribution in [3.63, 3.8) is 0 Å². The second kappa shape index (κ2) is 6.42. The molecule has 0 amide bonds. The van der Waals surface area contributed by atoms with Crippen molar-refractivity contribution in [1.82, 2.24) is 10.2 Å². The number of allylic oxidation sites excluding steroid dienone is 1. The van der Waals surface area contributed by atoms with E-state index in [1.54, 1.807) is 25.3 Å². The van der Waals surface area contributed by atoms with Crippen molar-refractivity contribution < 1.29 is 14.6 Å². The molecule has 0 fully saturated rings. The van der Waals surface area contributed by atoms with E-state index >= 15 is 0 Å². The molecular formula is C20H16N4O3. The molecule has 1 aromatic heterocycles. The fraction of sp³-hybridized carbons (Fsp3) is 0.100. The molecule has 0 aliphatic carbocycles. The van der Waals surface area contributed by atoms with Crippen molar-refractivity contribution >= 4 is 0 Å². The van der Waals surface area contributed by atoms with Crippen LogP contribution in [0.1, 0.15) is 17.0 Å². The molecule has 1 atom stereocenters. The van der Waals surface area contributed by atoms with Crippen molar-refractivity contribution in [3.05, 3.63) is 71.1 Å². The number of hydrogen-bond donors (Lipinski definition) is 3. The Balaban J connectivity index is 1.92. The molecule has 2 heterocycles. The SMILES string of the molecule is COc1ccc(-c2[nH]nc3c2C(c2cccc(O)c2)C(C#N)=C(N)O3)cc1. The van der Waals surface area contributed by atoms with Gasteiger partial charge in [-0.2, -0.15) is 5.26 Å². The molecular weight excluding hydrogens is 344 g/mol. The lowest BCUT2D eigenvalue weighted by atomic mass is 9.83. The molecule has 134 valence electrons. The first kappa shape index (κ1) is 16.5. The monoisotopic (exact) mass is 360 g/mol. The normalized spacial score (nSPS) is 15.6. The number of aromatic hydroxyl groups is 1. The van der Waals surface area contributed by atoms with Crippen LogP contribution >= 0.6 is 0 Å². The van der Waals surface area contributed by atoms with Crippen LogP contribution in [0.2, 0.25) is 0 Å². The summed E-state index contributed by atoms with van der Waals surface area (Å²) in [6.45, 7) is 0. The van der Waals surface area contributed by atoms with Gasteiger partial charge in [0.25, 0.3) is 0 Å². The lowest BCUT2D eigenvalue weighted by Gasteiger charge is -2.24. The third-order valence-electron chi connectivity index (χ3n) is 4.52. The number of nitrogens with zero attached hydrogens (tertiary/aromatic N) is 2. The highest BCUT2D eigenvalue weighted by atomic mass is 16.5. The second-order valence-corrected chi connectivity index (χ2v) is 6.07. The Morgan fingerprint density at radius 3 is 2.70 bits per heavy atom. The van der Waals surface area contributed by atoms with Crippen molar-refractivity contribution in [3.8, 4) is 34.7 Å². The number of nitrogens with one attached hydrogen (secondary N) is 1. The number of H-pyrrole nitrogens is 1. The number of phenols is 1. The maximum Gasteiger partial charge on any atom is 0.244 e. The van der Waals surface area contributed by atoms with E-state index in [9.17, 15) is 10.4 Å². The van der Waals surface area contributed by atoms with Gasteiger partial charge < -0.3 is 20.3 Å². The lowest BCUT2D eigenvalue weighted by Crippen LogP contribution is -2.20. The summed E-state index contributed by atoms with van der Waals surface area (Å²) in [5, 5.41) is 26.8. The number of phenolic OH excluding ortho intramolecular Hbond substituents is 1. The Bertz CT molecular complexity index is 1080. The Kier molecular flexibility index (Phi) is 3.94. The van der Waals surface area contributed by atoms with E-state index in [0.717, 1.165) is 16.9 Å². The van der Waals surface area contributed by atoms with Crippen molar-refractivity contribution in [2.45, 2.75) is 5.92 Å². The maximum atomic E-state index is 9.91. The van der Waals surface area contributed by atoms with Crippen LogP contribution in [-0.4, -0.2) is 22.4 Å². The van der Waals surface area contributed by atoms with Crippen LogP contribution < -0.4 is 15.2 Å². The summed E-state index contributed by atoms with van der Waals surface area (Å²) in [7, 11) is 1.60. The topological polar surface area (TPSA) is 117 Å². The van der Waals surface area contributed by atoms with E-state index in [4.69, 9.17) is 15.2 Å². The fourth-order valence-corrected chi connectivity index (χ4v) is 3.26. The van der Waals surface area contributed by atoms with E-state index in [2.05, 4.69) is 16.3 Å². The zero-order valence-corrected chi connectivity index (χ0v) is 14.4. The number of nitrogens with two attached hydrogens (primary N) is 1. The first-order valence-corrected chi connectivity index (χ1v) is 8.21. The van der Waals surface area contributed by atoms with Gasteiger partial charge in [0.05, 0.1) is 24.3 Å². The summed E-state index contributed by atoms with van der Waals surface area (Å²) in [6, 6.07) is 16.3. The van der Waals surface area contributed by atoms with Gasteiger partial charge in [-0.3, -0.25) is 5.10 Å². The molecule has 7 nitrogen and oxygen atoms in total. The zero-order chi connectivity index (χ0) is 19.0. The molecule has 3 aromatic rings. The third kappa shape index (κ3) is 2.73. The molecule has 0 bridgehead atoms. The van der Waals surface area contributed by atoms with E-state index in [-0.39, 0.29) is 17.2 Å². The Morgan fingerprint density at radius 2 is 2.04 bits per heavy atom. The molecule has 0 saturated carbocycles. The van der Waals surface area contributed by atoms with Gasteiger partial charge >= 0.3 is 0 Å². The molecule has 4 rings (SSSR count). The van der Waals surface area contributed by atoms with Crippen LogP contribution in [0.25, 0.3) is 11.3 Å². The van der Waals surface area contributed by atoms with Gasteiger partial charge in [0.1, 0.15) is 23.1 Å². The van der Waals surface area contributed by atoms with E-state index in [0.29, 0.717) is 17.1 Å². The maximum absolute atomic E-state index is 9.91. The molecule has 1 unspecified atom stereocenters. The van der Waals surface area contributed by atoms with Crippen LogP contribution in [0.4, 0.5) is 0 Å². The van der Waals surface area contributed by atoms with Crippen molar-refractivity contribution in [1.29, 1.82) is 5.26 Å². The Labute approximate surface area is 155 Å². The minimum atomic E-state index is -0.512. The number of aromatic amines is 1. The molecule has 0 saturated heterocycles. The highest BCUT2D eigenvalue weighted by molar-refractivity contribution is 5.71. The molecule has 4 N–H and O–H groups in total. The summed E-state index contributed by atoms with van der Waals surface area (Å²) in [4.78, 5) is 0. The van der Waals surface area contributed by atoms with Crippen molar-refractivity contribution in [2.24, 2.45) is 5.73 Å². The van der Waals surface area contributed by atoms with Crippen LogP contribution in [0.3, 0.4) is 0 Å². The number of methoxy groups -OCH3 is 1. The zero-order valence-electron chi connectivity index (χ0n) is 14.4. The van der Waals surface area contributed by atoms with Gasteiger partial charge in [0.15, 0.2) is 0 Å². The van der Waals surface area contributed by atoms with Gasteiger partial charge in [0.2, 0.25) is 11.8 Å². The number of nitriles is 1. The molecule has 0 spiro atoms. The lowest BCUT2D eigenvalue weighted by molar-refractivity contribution is 0.378. The fourth-order valence-electron chi connectivity index (χ4n) is 3.26. The predicted molar refractivity (Wildman–Crippen MR) is 98.0 cm³/mol. The third-order valence-corrected chi connectivity index (χ3v) is 4.52. The molecule has 7 heteroatoms. The Hall–Kier alpha value is -3.92. The van der Waals surface area contributed by atoms with E-state index < -0.39 is 5.92 Å². The van der Waals surface area contributed by atoms with Gasteiger partial charge in [0, 0.05) is 5.56 Å². The van der Waals surface area contributed by atoms with E-state index in [1.165, 1.54) is 0 Å². The first-order chi connectivity index (χ1) is 13.1. The van der Waals surface area contributed by atoms with Gasteiger partial charge in [-0.15, -0.1) is 5.10 Å². The smallest absolute Gasteiger partial charge is 0.244 e. The standard InChI is InChI=1S/C20H16N4O3/c1-26-14-7-5-11(6-8-14)18-17-16(12-3-2-4-13(25)9-12)15(10-21)19(22)27-20(17)24-23-18/h2-9,16,25H,22H2,1H3,(H,23,24). The van der Waals surface area contributed by atoms with Crippen molar-refractivity contribution in [2.75, 3.05) is 7.11 Å². The number of hydrogen-bond acceptors (Lipinski definition) is 6. The summed E-state index contributed by atoms with van der Waals surface area (Å²) in [5.74, 6) is 0.638. The van der Waals surface area contributed by atoms with E-state index in [1.807, 2.05) is 30.3 Å². The average Bonchev–Trinajstić information content (AvgIpc) is 3.10. The molecule has 27 heavy (non-hydrogen) atoms. The van der Waals surface area contributed by atoms with Crippen LogP contribution in [0.5, 0.6) is 17.4 Å². The average molecular weight is 360 g/mol. The number of rotatable bonds is 3. The summed E-state index contributed by atoms with van der Waals surface area (Å²) in [6.07, 6.45) is 0. The quantitative estimate of drug-likeness (QED) is 0.661. The molecule has 1 aliphatic heterocycles. The number of fused-ring (bicyclic) bond motifs is 1. The second-order valence-electron chi connectivity index (χ2n) is 6.07. The molecule has 2 aromatic carbocycles. The molecule has 1 aliphatic rings. The highest BCUT2D eigenvalue weighted by Crippen LogP contribution is 2.46. The van der Waals surface area contributed by atoms with Gasteiger partial charge in [-0.25, -0.2) is 0 Å².